The van der Waals surface area contributed by atoms with Crippen molar-refractivity contribution in [2.45, 2.75) is 19.6 Å². The van der Waals surface area contributed by atoms with E-state index < -0.39 is 17.5 Å². The van der Waals surface area contributed by atoms with E-state index >= 15 is 0 Å². The molecule has 0 aliphatic heterocycles. The lowest BCUT2D eigenvalue weighted by Gasteiger charge is -2.12. The van der Waals surface area contributed by atoms with Gasteiger partial charge in [-0.3, -0.25) is 9.51 Å². The van der Waals surface area contributed by atoms with Gasteiger partial charge in [0.05, 0.1) is 23.2 Å². The summed E-state index contributed by atoms with van der Waals surface area (Å²) in [5, 5.41) is 13.7. The Balaban J connectivity index is 1.29. The molecule has 2 N–H and O–H groups in total. The van der Waals surface area contributed by atoms with Crippen LogP contribution < -0.4 is 11.6 Å². The van der Waals surface area contributed by atoms with Crippen LogP contribution in [0.2, 0.25) is 0 Å². The van der Waals surface area contributed by atoms with Gasteiger partial charge in [0.25, 0.3) is 0 Å². The number of aromatic carboxylic acids is 1. The number of carbonyl (C=O) groups is 1. The van der Waals surface area contributed by atoms with Crippen molar-refractivity contribution >= 4 is 17.0 Å². The second-order valence-corrected chi connectivity index (χ2v) is 9.14. The zero-order valence-electron chi connectivity index (χ0n) is 21.4. The first-order valence-corrected chi connectivity index (χ1v) is 12.6. The van der Waals surface area contributed by atoms with E-state index in [0.29, 0.717) is 35.6 Å². The molecule has 0 atom stereocenters. The maximum atomic E-state index is 12.1. The molecule has 3 aromatic heterocycles. The lowest BCUT2D eigenvalue weighted by Crippen LogP contribution is -2.10. The molecule has 206 valence electrons. The number of rotatable bonds is 10. The monoisotopic (exact) mass is 554 g/mol. The molecular weight excluding hydrogens is 532 g/mol. The lowest BCUT2D eigenvalue weighted by atomic mass is 9.98. The summed E-state index contributed by atoms with van der Waals surface area (Å²) in [5.41, 5.74) is 4.62. The molecule has 0 saturated carbocycles. The van der Waals surface area contributed by atoms with Crippen molar-refractivity contribution in [1.82, 2.24) is 19.7 Å². The van der Waals surface area contributed by atoms with Crippen LogP contribution >= 0.6 is 0 Å². The Kier molecular flexibility index (Phi) is 6.88. The molecule has 0 amide bonds. The summed E-state index contributed by atoms with van der Waals surface area (Å²) in [4.78, 5) is 41.9. The van der Waals surface area contributed by atoms with E-state index in [4.69, 9.17) is 14.1 Å². The molecular formula is C29H22N4O8. The summed E-state index contributed by atoms with van der Waals surface area (Å²) in [6, 6.07) is 20.3. The summed E-state index contributed by atoms with van der Waals surface area (Å²) >= 11 is 0. The Morgan fingerprint density at radius 3 is 2.51 bits per heavy atom. The maximum Gasteiger partial charge on any atom is 0.518 e. The first kappa shape index (κ1) is 25.8. The van der Waals surface area contributed by atoms with Gasteiger partial charge in [0, 0.05) is 18.5 Å². The molecule has 0 bridgehead atoms. The van der Waals surface area contributed by atoms with Crippen LogP contribution in [0.1, 0.15) is 27.5 Å². The van der Waals surface area contributed by atoms with Gasteiger partial charge < -0.3 is 23.2 Å². The number of carboxylic acid groups (broad SMARTS) is 1. The molecule has 12 nitrogen and oxygen atoms in total. The first-order valence-electron chi connectivity index (χ1n) is 12.6. The Hall–Kier alpha value is -5.49. The number of nitrogens with one attached hydrogen (secondary N) is 1. The topological polar surface area (TPSA) is 167 Å². The normalized spacial score (nSPS) is 11.3. The number of ether oxygens (including phenoxy) is 1. The van der Waals surface area contributed by atoms with Gasteiger partial charge >= 0.3 is 17.5 Å². The number of aromatic amines is 1. The highest BCUT2D eigenvalue weighted by molar-refractivity contribution is 6.01. The van der Waals surface area contributed by atoms with E-state index in [0.717, 1.165) is 22.3 Å². The molecule has 0 spiro atoms. The smallest absolute Gasteiger partial charge is 0.478 e. The minimum atomic E-state index is -1.05. The van der Waals surface area contributed by atoms with Gasteiger partial charge in [0.15, 0.2) is 11.6 Å². The van der Waals surface area contributed by atoms with E-state index in [2.05, 4.69) is 19.1 Å². The summed E-state index contributed by atoms with van der Waals surface area (Å²) in [6.07, 6.45) is 1.58. The third kappa shape index (κ3) is 5.36. The van der Waals surface area contributed by atoms with Gasteiger partial charge in [-0.15, -0.1) is 0 Å². The molecule has 0 unspecified atom stereocenters. The number of nitrogens with zero attached hydrogens (tertiary/aromatic N) is 3. The van der Waals surface area contributed by atoms with E-state index in [1.54, 1.807) is 18.2 Å². The number of hydrogen-bond acceptors (Lipinski definition) is 9. The van der Waals surface area contributed by atoms with E-state index in [1.165, 1.54) is 6.26 Å². The van der Waals surface area contributed by atoms with E-state index in [-0.39, 0.29) is 24.5 Å². The van der Waals surface area contributed by atoms with Gasteiger partial charge in [0.1, 0.15) is 18.7 Å². The van der Waals surface area contributed by atoms with Gasteiger partial charge in [-0.2, -0.15) is 0 Å². The minimum absolute atomic E-state index is 0.0531. The average molecular weight is 555 g/mol. The predicted octanol–water partition coefficient (Wildman–Crippen LogP) is 4.10. The average Bonchev–Trinajstić information content (AvgIpc) is 3.70. The standard InChI is InChI=1S/C29H22N4O8/c34-27(35)22-6-3-7-23-25(22)33(24(30-23)12-13-38-15-19-16-39-29(37)40-19)14-17-8-10-18(11-9-17)20-4-1-2-5-21(20)26-31-28(36)41-32-26/h1-11,16H,12-15H2,(H,34,35)(H,31,32,36). The molecule has 41 heavy (non-hydrogen) atoms. The summed E-state index contributed by atoms with van der Waals surface area (Å²) < 4.78 is 21.6. The van der Waals surface area contributed by atoms with Gasteiger partial charge in [-0.1, -0.05) is 59.8 Å². The van der Waals surface area contributed by atoms with Crippen molar-refractivity contribution in [3.05, 3.63) is 117 Å². The van der Waals surface area contributed by atoms with Crippen molar-refractivity contribution in [3.8, 4) is 22.5 Å². The number of imidazole rings is 1. The van der Waals surface area contributed by atoms with Crippen molar-refractivity contribution in [3.63, 3.8) is 0 Å². The third-order valence-electron chi connectivity index (χ3n) is 6.52. The zero-order valence-corrected chi connectivity index (χ0v) is 21.4. The zero-order chi connectivity index (χ0) is 28.3. The number of H-pyrrole nitrogens is 1. The highest BCUT2D eigenvalue weighted by Gasteiger charge is 2.18. The second-order valence-electron chi connectivity index (χ2n) is 9.14. The first-order chi connectivity index (χ1) is 20.0. The van der Waals surface area contributed by atoms with Crippen molar-refractivity contribution in [1.29, 1.82) is 0 Å². The number of benzene rings is 3. The van der Waals surface area contributed by atoms with Crippen LogP contribution in [0.5, 0.6) is 0 Å². The molecule has 6 aromatic rings. The highest BCUT2D eigenvalue weighted by Crippen LogP contribution is 2.30. The van der Waals surface area contributed by atoms with Crippen LogP contribution in [0.25, 0.3) is 33.5 Å². The molecule has 12 heteroatoms. The highest BCUT2D eigenvalue weighted by atomic mass is 16.6. The van der Waals surface area contributed by atoms with Gasteiger partial charge in [0.2, 0.25) is 0 Å². The maximum absolute atomic E-state index is 12.1. The van der Waals surface area contributed by atoms with Crippen LogP contribution in [0.3, 0.4) is 0 Å². The molecule has 6 rings (SSSR count). The van der Waals surface area contributed by atoms with Crippen molar-refractivity contribution < 1.29 is 28.0 Å². The molecule has 3 aromatic carbocycles. The molecule has 0 aliphatic rings. The molecule has 0 radical (unpaired) electrons. The van der Waals surface area contributed by atoms with Crippen LogP contribution in [0.15, 0.2) is 95.9 Å². The Bertz CT molecular complexity index is 1960. The van der Waals surface area contributed by atoms with Crippen molar-refractivity contribution in [2.75, 3.05) is 6.61 Å². The Morgan fingerprint density at radius 2 is 1.80 bits per heavy atom. The van der Waals surface area contributed by atoms with Gasteiger partial charge in [-0.25, -0.2) is 19.4 Å². The number of hydrogen-bond donors (Lipinski definition) is 2. The summed E-state index contributed by atoms with van der Waals surface area (Å²) in [7, 11) is 0. The quantitative estimate of drug-likeness (QED) is 0.235. The third-order valence-corrected chi connectivity index (χ3v) is 6.52. The fourth-order valence-electron chi connectivity index (χ4n) is 4.70. The molecule has 0 fully saturated rings. The predicted molar refractivity (Wildman–Crippen MR) is 144 cm³/mol. The fraction of sp³-hybridized carbons (Fsp3) is 0.138. The minimum Gasteiger partial charge on any atom is -0.478 e. The van der Waals surface area contributed by atoms with Gasteiger partial charge in [-0.05, 0) is 28.8 Å². The number of carboxylic acids is 1. The Labute approximate surface area is 230 Å². The molecule has 3 heterocycles. The SMILES string of the molecule is O=C(O)c1cccc2nc(CCOCc3coc(=O)o3)n(Cc3ccc(-c4ccccc4-c4noc(=O)[nH]4)cc3)c12. The summed E-state index contributed by atoms with van der Waals surface area (Å²) in [6.45, 7) is 0.670. The molecule has 0 aliphatic carbocycles. The largest absolute Gasteiger partial charge is 0.518 e. The number of aromatic nitrogens is 4. The van der Waals surface area contributed by atoms with E-state index in [9.17, 15) is 19.5 Å². The van der Waals surface area contributed by atoms with Crippen LogP contribution in [-0.2, 0) is 24.3 Å². The second kappa shape index (κ2) is 10.9. The summed E-state index contributed by atoms with van der Waals surface area (Å²) in [5.74, 6) is -1.23. The Morgan fingerprint density at radius 1 is 1.00 bits per heavy atom. The van der Waals surface area contributed by atoms with Crippen molar-refractivity contribution in [2.24, 2.45) is 0 Å². The van der Waals surface area contributed by atoms with Crippen LogP contribution in [0, 0.1) is 0 Å². The lowest BCUT2D eigenvalue weighted by molar-refractivity contribution is 0.0698. The van der Waals surface area contributed by atoms with Crippen LogP contribution in [0.4, 0.5) is 0 Å². The fourth-order valence-corrected chi connectivity index (χ4v) is 4.70. The number of para-hydroxylation sites is 1. The number of fused-ring (bicyclic) bond motifs is 1. The molecule has 0 saturated heterocycles. The van der Waals surface area contributed by atoms with Crippen LogP contribution in [-0.4, -0.2) is 37.4 Å². The van der Waals surface area contributed by atoms with E-state index in [1.807, 2.05) is 53.1 Å².